The molecule has 38 heavy (non-hydrogen) atoms. The van der Waals surface area contributed by atoms with Gasteiger partial charge in [-0.1, -0.05) is 30.7 Å². The lowest BCUT2D eigenvalue weighted by atomic mass is 9.99. The standard InChI is InChI=1S/C27H27ClF3N3O3S/c1-18-3-2-14-34(16-18)17-19-4-6-20(7-5-19)26(35)32-21-8-11-23(12-9-21)38(36,37)33-22-10-13-25(28)24(15-22)27(29,30)31/h4-13,15,18,33H,2-3,14,16-17H2,1H3,(H,32,35). The Morgan fingerprint density at radius 3 is 2.32 bits per heavy atom. The number of rotatable bonds is 7. The summed E-state index contributed by atoms with van der Waals surface area (Å²) in [7, 11) is -4.18. The molecule has 0 saturated carbocycles. The van der Waals surface area contributed by atoms with Crippen molar-refractivity contribution in [2.75, 3.05) is 23.1 Å². The zero-order chi connectivity index (χ0) is 27.5. The van der Waals surface area contributed by atoms with Crippen LogP contribution in [0.5, 0.6) is 0 Å². The van der Waals surface area contributed by atoms with Crippen LogP contribution in [0.1, 0.15) is 41.3 Å². The second kappa shape index (κ2) is 11.3. The van der Waals surface area contributed by atoms with Crippen molar-refractivity contribution in [2.45, 2.75) is 37.4 Å². The number of likely N-dealkylation sites (tertiary alicyclic amines) is 1. The number of alkyl halides is 3. The summed E-state index contributed by atoms with van der Waals surface area (Å²) < 4.78 is 66.7. The topological polar surface area (TPSA) is 78.5 Å². The van der Waals surface area contributed by atoms with Crippen molar-refractivity contribution in [3.8, 4) is 0 Å². The number of benzene rings is 3. The lowest BCUT2D eigenvalue weighted by Crippen LogP contribution is -2.33. The Morgan fingerprint density at radius 1 is 1.03 bits per heavy atom. The fraction of sp³-hybridized carbons (Fsp3) is 0.296. The van der Waals surface area contributed by atoms with E-state index in [0.717, 1.165) is 37.3 Å². The number of sulfonamides is 1. The van der Waals surface area contributed by atoms with Gasteiger partial charge in [-0.05, 0) is 85.5 Å². The summed E-state index contributed by atoms with van der Waals surface area (Å²) in [6.07, 6.45) is -2.28. The third kappa shape index (κ3) is 7.06. The van der Waals surface area contributed by atoms with Gasteiger partial charge in [0.05, 0.1) is 15.5 Å². The number of halogens is 4. The molecule has 1 unspecified atom stereocenters. The molecule has 2 N–H and O–H groups in total. The Bertz CT molecular complexity index is 1400. The van der Waals surface area contributed by atoms with Gasteiger partial charge in [-0.25, -0.2) is 8.42 Å². The van der Waals surface area contributed by atoms with Crippen LogP contribution in [0.15, 0.2) is 71.6 Å². The normalized spacial score (nSPS) is 16.7. The van der Waals surface area contributed by atoms with Gasteiger partial charge in [-0.2, -0.15) is 13.2 Å². The van der Waals surface area contributed by atoms with Gasteiger partial charge in [-0.3, -0.25) is 14.4 Å². The van der Waals surface area contributed by atoms with E-state index in [0.29, 0.717) is 23.2 Å². The molecule has 1 aliphatic heterocycles. The third-order valence-electron chi connectivity index (χ3n) is 6.31. The molecule has 1 saturated heterocycles. The molecule has 1 fully saturated rings. The van der Waals surface area contributed by atoms with Crippen molar-refractivity contribution >= 4 is 38.9 Å². The van der Waals surface area contributed by atoms with E-state index in [1.807, 2.05) is 12.1 Å². The maximum Gasteiger partial charge on any atom is 0.417 e. The minimum Gasteiger partial charge on any atom is -0.322 e. The molecule has 0 bridgehead atoms. The third-order valence-corrected chi connectivity index (χ3v) is 8.04. The fourth-order valence-electron chi connectivity index (χ4n) is 4.39. The van der Waals surface area contributed by atoms with Crippen molar-refractivity contribution in [2.24, 2.45) is 5.92 Å². The number of carbonyl (C=O) groups excluding carboxylic acids is 1. The number of piperidine rings is 1. The van der Waals surface area contributed by atoms with Crippen LogP contribution >= 0.6 is 11.6 Å². The number of amides is 1. The Labute approximate surface area is 224 Å². The van der Waals surface area contributed by atoms with Crippen LogP contribution in [0.2, 0.25) is 5.02 Å². The average molecular weight is 566 g/mol. The molecule has 1 heterocycles. The molecule has 4 rings (SSSR count). The minimum absolute atomic E-state index is 0.185. The number of hydrogen-bond acceptors (Lipinski definition) is 4. The van der Waals surface area contributed by atoms with E-state index in [4.69, 9.17) is 11.6 Å². The number of nitrogens with one attached hydrogen (secondary N) is 2. The highest BCUT2D eigenvalue weighted by molar-refractivity contribution is 7.92. The van der Waals surface area contributed by atoms with Crippen LogP contribution < -0.4 is 10.0 Å². The van der Waals surface area contributed by atoms with Gasteiger partial charge in [0.1, 0.15) is 0 Å². The van der Waals surface area contributed by atoms with E-state index in [2.05, 4.69) is 21.9 Å². The number of carbonyl (C=O) groups is 1. The van der Waals surface area contributed by atoms with Gasteiger partial charge < -0.3 is 5.32 Å². The molecule has 202 valence electrons. The Kier molecular flexibility index (Phi) is 8.34. The van der Waals surface area contributed by atoms with Crippen LogP contribution in [0, 0.1) is 5.92 Å². The molecule has 0 aromatic heterocycles. The maximum absolute atomic E-state index is 13.1. The molecule has 0 aliphatic carbocycles. The summed E-state index contributed by atoms with van der Waals surface area (Å²) in [5, 5.41) is 2.18. The maximum atomic E-state index is 13.1. The summed E-state index contributed by atoms with van der Waals surface area (Å²) >= 11 is 5.59. The molecule has 0 spiro atoms. The fourth-order valence-corrected chi connectivity index (χ4v) is 5.66. The van der Waals surface area contributed by atoms with E-state index < -0.39 is 26.8 Å². The van der Waals surface area contributed by atoms with Crippen LogP contribution in [-0.2, 0) is 22.7 Å². The van der Waals surface area contributed by atoms with Gasteiger partial charge in [0.25, 0.3) is 15.9 Å². The molecule has 1 atom stereocenters. The summed E-state index contributed by atoms with van der Waals surface area (Å²) in [4.78, 5) is 14.9. The molecule has 3 aromatic rings. The number of anilines is 2. The predicted molar refractivity (Wildman–Crippen MR) is 142 cm³/mol. The predicted octanol–water partition coefficient (Wildman–Crippen LogP) is 6.64. The second-order valence-corrected chi connectivity index (χ2v) is 11.5. The molecule has 11 heteroatoms. The van der Waals surface area contributed by atoms with E-state index >= 15 is 0 Å². The molecule has 6 nitrogen and oxygen atoms in total. The second-order valence-electron chi connectivity index (χ2n) is 9.46. The van der Waals surface area contributed by atoms with Gasteiger partial charge in [0.15, 0.2) is 0 Å². The van der Waals surface area contributed by atoms with Gasteiger partial charge in [-0.15, -0.1) is 0 Å². The lowest BCUT2D eigenvalue weighted by molar-refractivity contribution is -0.137. The number of hydrogen-bond donors (Lipinski definition) is 2. The van der Waals surface area contributed by atoms with Crippen LogP contribution in [0.4, 0.5) is 24.5 Å². The zero-order valence-electron chi connectivity index (χ0n) is 20.6. The smallest absolute Gasteiger partial charge is 0.322 e. The molecule has 3 aromatic carbocycles. The molecule has 1 amide bonds. The highest BCUT2D eigenvalue weighted by atomic mass is 35.5. The largest absolute Gasteiger partial charge is 0.417 e. The summed E-state index contributed by atoms with van der Waals surface area (Å²) in [5.74, 6) is 0.336. The van der Waals surface area contributed by atoms with Crippen molar-refractivity contribution in [1.29, 1.82) is 0 Å². The summed E-state index contributed by atoms with van der Waals surface area (Å²) in [5.41, 5.74) is 0.526. The molecule has 1 aliphatic rings. The first kappa shape index (κ1) is 27.9. The zero-order valence-corrected chi connectivity index (χ0v) is 22.1. The van der Waals surface area contributed by atoms with E-state index in [9.17, 15) is 26.4 Å². The molecular weight excluding hydrogens is 539 g/mol. The molecular formula is C27H27ClF3N3O3S. The van der Waals surface area contributed by atoms with Crippen LogP contribution in [0.25, 0.3) is 0 Å². The van der Waals surface area contributed by atoms with E-state index in [-0.39, 0.29) is 16.5 Å². The summed E-state index contributed by atoms with van der Waals surface area (Å²) in [6, 6.07) is 15.4. The van der Waals surface area contributed by atoms with Crippen molar-refractivity contribution in [3.63, 3.8) is 0 Å². The minimum atomic E-state index is -4.73. The van der Waals surface area contributed by atoms with Gasteiger partial charge >= 0.3 is 6.18 Å². The Morgan fingerprint density at radius 2 is 1.68 bits per heavy atom. The highest BCUT2D eigenvalue weighted by Crippen LogP contribution is 2.36. The van der Waals surface area contributed by atoms with Crippen molar-refractivity contribution in [3.05, 3.63) is 88.4 Å². The summed E-state index contributed by atoms with van der Waals surface area (Å²) in [6.45, 7) is 5.23. The van der Waals surface area contributed by atoms with Crippen LogP contribution in [-0.4, -0.2) is 32.3 Å². The first-order valence-corrected chi connectivity index (χ1v) is 13.9. The number of nitrogens with zero attached hydrogens (tertiary/aromatic N) is 1. The van der Waals surface area contributed by atoms with Crippen molar-refractivity contribution in [1.82, 2.24) is 4.90 Å². The lowest BCUT2D eigenvalue weighted by Gasteiger charge is -2.30. The quantitative estimate of drug-likeness (QED) is 0.336. The molecule has 0 radical (unpaired) electrons. The SMILES string of the molecule is CC1CCCN(Cc2ccc(C(=O)Nc3ccc(S(=O)(=O)Nc4ccc(Cl)c(C(F)(F)F)c4)cc3)cc2)C1. The Hall–Kier alpha value is -3.08. The van der Waals surface area contributed by atoms with Crippen LogP contribution in [0.3, 0.4) is 0 Å². The highest BCUT2D eigenvalue weighted by Gasteiger charge is 2.33. The first-order chi connectivity index (χ1) is 17.9. The van der Waals surface area contributed by atoms with E-state index in [1.165, 1.54) is 37.1 Å². The monoisotopic (exact) mass is 565 g/mol. The van der Waals surface area contributed by atoms with Crippen molar-refractivity contribution < 1.29 is 26.4 Å². The first-order valence-electron chi connectivity index (χ1n) is 12.0. The average Bonchev–Trinajstić information content (AvgIpc) is 2.85. The Balaban J connectivity index is 1.38. The van der Waals surface area contributed by atoms with Gasteiger partial charge in [0, 0.05) is 30.0 Å². The van der Waals surface area contributed by atoms with Gasteiger partial charge in [0.2, 0.25) is 0 Å². The van der Waals surface area contributed by atoms with E-state index in [1.54, 1.807) is 12.1 Å².